The van der Waals surface area contributed by atoms with Crippen LogP contribution < -0.4 is 5.32 Å². The summed E-state index contributed by atoms with van der Waals surface area (Å²) in [5.41, 5.74) is 3.87. The zero-order valence-electron chi connectivity index (χ0n) is 14.5. The predicted octanol–water partition coefficient (Wildman–Crippen LogP) is 5.17. The van der Waals surface area contributed by atoms with Crippen molar-refractivity contribution in [1.29, 1.82) is 0 Å². The molecule has 0 fully saturated rings. The predicted molar refractivity (Wildman–Crippen MR) is 103 cm³/mol. The zero-order valence-corrected chi connectivity index (χ0v) is 15.2. The number of pyridine rings is 1. The first-order valence-electron chi connectivity index (χ1n) is 8.29. The Labute approximate surface area is 156 Å². The number of halogens is 1. The molecule has 2 aromatic heterocycles. The number of benzene rings is 2. The molecule has 0 spiro atoms. The highest BCUT2D eigenvalue weighted by Crippen LogP contribution is 2.29. The van der Waals surface area contributed by atoms with Crippen molar-refractivity contribution >= 4 is 28.3 Å². The van der Waals surface area contributed by atoms with Crippen LogP contribution >= 0.6 is 11.6 Å². The molecule has 2 heterocycles. The number of hydrogen-bond acceptors (Lipinski definition) is 5. The SMILES string of the molecule is Cc1ccc2nc(NCc3ccccc3Cl)c(-c3noc(C)n3)cc2c1. The van der Waals surface area contributed by atoms with Gasteiger partial charge in [0.2, 0.25) is 11.7 Å². The number of rotatable bonds is 4. The molecular formula is C20H17ClN4O. The third-order valence-corrected chi connectivity index (χ3v) is 4.51. The number of hydrogen-bond donors (Lipinski definition) is 1. The van der Waals surface area contributed by atoms with Crippen LogP contribution in [0.1, 0.15) is 17.0 Å². The van der Waals surface area contributed by atoms with Crippen molar-refractivity contribution in [2.24, 2.45) is 0 Å². The fourth-order valence-corrected chi connectivity index (χ4v) is 3.03. The minimum absolute atomic E-state index is 0.514. The molecule has 0 atom stereocenters. The molecular weight excluding hydrogens is 348 g/mol. The Morgan fingerprint density at radius 3 is 2.65 bits per heavy atom. The van der Waals surface area contributed by atoms with Crippen molar-refractivity contribution in [3.63, 3.8) is 0 Å². The number of aryl methyl sites for hydroxylation is 2. The minimum atomic E-state index is 0.514. The fraction of sp³-hybridized carbons (Fsp3) is 0.150. The Morgan fingerprint density at radius 2 is 1.88 bits per heavy atom. The zero-order chi connectivity index (χ0) is 18.1. The molecule has 0 bridgehead atoms. The highest BCUT2D eigenvalue weighted by atomic mass is 35.5. The molecule has 4 aromatic rings. The standard InChI is InChI=1S/C20H17ClN4O/c1-12-7-8-18-15(9-12)10-16(20-23-13(2)26-25-20)19(24-18)22-11-14-5-3-4-6-17(14)21/h3-10H,11H2,1-2H3,(H,22,24). The Morgan fingerprint density at radius 1 is 1.04 bits per heavy atom. The van der Waals surface area contributed by atoms with Gasteiger partial charge in [0.15, 0.2) is 0 Å². The maximum Gasteiger partial charge on any atom is 0.223 e. The van der Waals surface area contributed by atoms with Crippen LogP contribution in [0.25, 0.3) is 22.3 Å². The van der Waals surface area contributed by atoms with E-state index in [0.29, 0.717) is 29.1 Å². The molecule has 1 N–H and O–H groups in total. The molecule has 6 heteroatoms. The molecule has 2 aromatic carbocycles. The van der Waals surface area contributed by atoms with E-state index < -0.39 is 0 Å². The van der Waals surface area contributed by atoms with Crippen LogP contribution in [-0.2, 0) is 6.54 Å². The van der Waals surface area contributed by atoms with E-state index in [1.807, 2.05) is 42.5 Å². The van der Waals surface area contributed by atoms with Gasteiger partial charge in [-0.15, -0.1) is 0 Å². The van der Waals surface area contributed by atoms with E-state index in [1.165, 1.54) is 5.56 Å². The van der Waals surface area contributed by atoms with Gasteiger partial charge in [-0.05, 0) is 36.8 Å². The quantitative estimate of drug-likeness (QED) is 0.541. The monoisotopic (exact) mass is 364 g/mol. The van der Waals surface area contributed by atoms with E-state index in [9.17, 15) is 0 Å². The van der Waals surface area contributed by atoms with Gasteiger partial charge in [0.05, 0.1) is 11.1 Å². The third-order valence-electron chi connectivity index (χ3n) is 4.14. The molecule has 0 saturated heterocycles. The van der Waals surface area contributed by atoms with Crippen LogP contribution in [-0.4, -0.2) is 15.1 Å². The third kappa shape index (κ3) is 3.26. The highest BCUT2D eigenvalue weighted by Gasteiger charge is 2.14. The second kappa shape index (κ2) is 6.77. The summed E-state index contributed by atoms with van der Waals surface area (Å²) in [6.07, 6.45) is 0. The molecule has 0 amide bonds. The van der Waals surface area contributed by atoms with Crippen LogP contribution in [0.4, 0.5) is 5.82 Å². The van der Waals surface area contributed by atoms with Gasteiger partial charge in [-0.3, -0.25) is 0 Å². The average Bonchev–Trinajstić information content (AvgIpc) is 3.06. The van der Waals surface area contributed by atoms with Crippen molar-refractivity contribution < 1.29 is 4.52 Å². The van der Waals surface area contributed by atoms with E-state index in [-0.39, 0.29) is 0 Å². The number of aromatic nitrogens is 3. The number of anilines is 1. The normalized spacial score (nSPS) is 11.0. The lowest BCUT2D eigenvalue weighted by molar-refractivity contribution is 0.394. The summed E-state index contributed by atoms with van der Waals surface area (Å²) < 4.78 is 5.15. The summed E-state index contributed by atoms with van der Waals surface area (Å²) >= 11 is 6.26. The summed E-state index contributed by atoms with van der Waals surface area (Å²) in [7, 11) is 0. The molecule has 26 heavy (non-hydrogen) atoms. The van der Waals surface area contributed by atoms with Gasteiger partial charge in [-0.1, -0.05) is 46.6 Å². The number of fused-ring (bicyclic) bond motifs is 1. The topological polar surface area (TPSA) is 63.8 Å². The Balaban J connectivity index is 1.78. The first-order valence-corrected chi connectivity index (χ1v) is 8.67. The van der Waals surface area contributed by atoms with Crippen molar-refractivity contribution in [2.75, 3.05) is 5.32 Å². The van der Waals surface area contributed by atoms with Crippen LogP contribution in [0.3, 0.4) is 0 Å². The second-order valence-corrected chi connectivity index (χ2v) is 6.57. The molecule has 130 valence electrons. The van der Waals surface area contributed by atoms with Gasteiger partial charge < -0.3 is 9.84 Å². The van der Waals surface area contributed by atoms with Crippen LogP contribution in [0.2, 0.25) is 5.02 Å². The van der Waals surface area contributed by atoms with Gasteiger partial charge in [0.1, 0.15) is 5.82 Å². The summed E-state index contributed by atoms with van der Waals surface area (Å²) in [5.74, 6) is 1.73. The Bertz CT molecular complexity index is 1090. The van der Waals surface area contributed by atoms with E-state index >= 15 is 0 Å². The molecule has 0 aliphatic heterocycles. The molecule has 0 saturated carbocycles. The lowest BCUT2D eigenvalue weighted by atomic mass is 10.1. The van der Waals surface area contributed by atoms with Gasteiger partial charge in [-0.25, -0.2) is 4.98 Å². The number of nitrogens with one attached hydrogen (secondary N) is 1. The molecule has 0 aliphatic carbocycles. The first-order chi connectivity index (χ1) is 12.6. The molecule has 4 rings (SSSR count). The van der Waals surface area contributed by atoms with E-state index in [1.54, 1.807) is 6.92 Å². The van der Waals surface area contributed by atoms with Gasteiger partial charge in [0, 0.05) is 23.9 Å². The highest BCUT2D eigenvalue weighted by molar-refractivity contribution is 6.31. The molecule has 5 nitrogen and oxygen atoms in total. The van der Waals surface area contributed by atoms with Crippen molar-refractivity contribution in [2.45, 2.75) is 20.4 Å². The van der Waals surface area contributed by atoms with Gasteiger partial charge >= 0.3 is 0 Å². The maximum absolute atomic E-state index is 6.26. The van der Waals surface area contributed by atoms with Crippen molar-refractivity contribution in [3.8, 4) is 11.4 Å². The van der Waals surface area contributed by atoms with Crippen molar-refractivity contribution in [3.05, 3.63) is 70.6 Å². The van der Waals surface area contributed by atoms with E-state index in [0.717, 1.165) is 22.0 Å². The number of nitrogens with zero attached hydrogens (tertiary/aromatic N) is 3. The van der Waals surface area contributed by atoms with Crippen LogP contribution in [0, 0.1) is 13.8 Å². The maximum atomic E-state index is 6.26. The summed E-state index contributed by atoms with van der Waals surface area (Å²) in [5, 5.41) is 9.17. The second-order valence-electron chi connectivity index (χ2n) is 6.16. The Kier molecular flexibility index (Phi) is 4.31. The average molecular weight is 365 g/mol. The smallest absolute Gasteiger partial charge is 0.223 e. The Hall–Kier alpha value is -2.92. The lowest BCUT2D eigenvalue weighted by Crippen LogP contribution is -2.04. The molecule has 0 radical (unpaired) electrons. The van der Waals surface area contributed by atoms with E-state index in [4.69, 9.17) is 21.1 Å². The van der Waals surface area contributed by atoms with Gasteiger partial charge in [-0.2, -0.15) is 4.98 Å². The summed E-state index contributed by atoms with van der Waals surface area (Å²) in [6, 6.07) is 15.9. The van der Waals surface area contributed by atoms with Gasteiger partial charge in [0.25, 0.3) is 0 Å². The van der Waals surface area contributed by atoms with Crippen LogP contribution in [0.15, 0.2) is 53.1 Å². The lowest BCUT2D eigenvalue weighted by Gasteiger charge is -2.12. The summed E-state index contributed by atoms with van der Waals surface area (Å²) in [6.45, 7) is 4.38. The summed E-state index contributed by atoms with van der Waals surface area (Å²) in [4.78, 5) is 9.13. The fourth-order valence-electron chi connectivity index (χ4n) is 2.83. The largest absolute Gasteiger partial charge is 0.365 e. The van der Waals surface area contributed by atoms with Crippen molar-refractivity contribution in [1.82, 2.24) is 15.1 Å². The minimum Gasteiger partial charge on any atom is -0.365 e. The molecule has 0 unspecified atom stereocenters. The van der Waals surface area contributed by atoms with Crippen LogP contribution in [0.5, 0.6) is 0 Å². The molecule has 0 aliphatic rings. The van der Waals surface area contributed by atoms with E-state index in [2.05, 4.69) is 28.4 Å². The first kappa shape index (κ1) is 16.5.